The maximum absolute atomic E-state index is 13.4. The lowest BCUT2D eigenvalue weighted by molar-refractivity contribution is -0.143. The molecule has 0 bridgehead atoms. The topological polar surface area (TPSA) is 72.9 Å². The van der Waals surface area contributed by atoms with Crippen LogP contribution in [0.1, 0.15) is 74.6 Å². The minimum absolute atomic E-state index is 0.0270. The minimum atomic E-state index is -0.656. The van der Waals surface area contributed by atoms with Gasteiger partial charge in [0.15, 0.2) is 0 Å². The number of benzene rings is 2. The fraction of sp³-hybridized carbons (Fsp3) is 0.483. The molecular formula is C29H35NO5. The molecule has 2 aromatic rings. The van der Waals surface area contributed by atoms with Gasteiger partial charge in [-0.2, -0.15) is 0 Å². The van der Waals surface area contributed by atoms with Gasteiger partial charge in [0.05, 0.1) is 6.54 Å². The number of esters is 1. The molecule has 6 heteroatoms. The molecule has 1 aliphatic heterocycles. The van der Waals surface area contributed by atoms with Gasteiger partial charge in [-0.15, -0.1) is 0 Å². The highest BCUT2D eigenvalue weighted by Crippen LogP contribution is 2.40. The Hall–Kier alpha value is -3.15. The zero-order chi connectivity index (χ0) is 25.4. The SMILES string of the molecule is C=C(C)C(=O)OC(C)CN1C(=O)c2cccc3c(OC4CC(C)CCC4C(C)C)ccc(c23)C1=O. The predicted molar refractivity (Wildman–Crippen MR) is 135 cm³/mol. The molecule has 0 saturated heterocycles. The normalized spacial score (nSPS) is 22.9. The molecule has 4 atom stereocenters. The third-order valence-corrected chi connectivity index (χ3v) is 7.29. The number of nitrogens with zero attached hydrogens (tertiary/aromatic N) is 1. The second kappa shape index (κ2) is 9.84. The Labute approximate surface area is 207 Å². The van der Waals surface area contributed by atoms with Crippen molar-refractivity contribution in [2.24, 2.45) is 17.8 Å². The van der Waals surface area contributed by atoms with Crippen LogP contribution in [0.4, 0.5) is 0 Å². The third kappa shape index (κ3) is 4.84. The first-order chi connectivity index (χ1) is 16.6. The summed E-state index contributed by atoms with van der Waals surface area (Å²) in [7, 11) is 0. The van der Waals surface area contributed by atoms with Gasteiger partial charge in [0.25, 0.3) is 11.8 Å². The van der Waals surface area contributed by atoms with Gasteiger partial charge in [-0.1, -0.05) is 45.9 Å². The summed E-state index contributed by atoms with van der Waals surface area (Å²) in [5, 5.41) is 1.41. The fourth-order valence-corrected chi connectivity index (χ4v) is 5.38. The second-order valence-electron chi connectivity index (χ2n) is 10.5. The summed E-state index contributed by atoms with van der Waals surface area (Å²) < 4.78 is 11.9. The molecule has 186 valence electrons. The van der Waals surface area contributed by atoms with Gasteiger partial charge in [-0.3, -0.25) is 14.5 Å². The summed E-state index contributed by atoms with van der Waals surface area (Å²) >= 11 is 0. The Balaban J connectivity index is 1.65. The highest BCUT2D eigenvalue weighted by Gasteiger charge is 2.36. The summed E-state index contributed by atoms with van der Waals surface area (Å²) in [5.41, 5.74) is 1.18. The van der Waals surface area contributed by atoms with Crippen molar-refractivity contribution in [2.75, 3.05) is 6.54 Å². The zero-order valence-electron chi connectivity index (χ0n) is 21.3. The summed E-state index contributed by atoms with van der Waals surface area (Å²) in [5.74, 6) is 0.977. The number of imide groups is 1. The van der Waals surface area contributed by atoms with E-state index in [0.717, 1.165) is 23.1 Å². The van der Waals surface area contributed by atoms with Crippen LogP contribution >= 0.6 is 0 Å². The van der Waals surface area contributed by atoms with Gasteiger partial charge in [0, 0.05) is 27.5 Å². The second-order valence-corrected chi connectivity index (χ2v) is 10.5. The average Bonchev–Trinajstić information content (AvgIpc) is 2.80. The smallest absolute Gasteiger partial charge is 0.333 e. The number of ether oxygens (including phenoxy) is 2. The van der Waals surface area contributed by atoms with E-state index in [-0.39, 0.29) is 18.2 Å². The Bertz CT molecular complexity index is 1160. The van der Waals surface area contributed by atoms with Crippen LogP contribution < -0.4 is 4.74 Å². The van der Waals surface area contributed by atoms with E-state index in [4.69, 9.17) is 9.47 Å². The number of hydrogen-bond donors (Lipinski definition) is 0. The van der Waals surface area contributed by atoms with Crippen LogP contribution in [0.2, 0.25) is 0 Å². The summed E-state index contributed by atoms with van der Waals surface area (Å²) in [6.45, 7) is 13.5. The lowest BCUT2D eigenvalue weighted by atomic mass is 9.75. The van der Waals surface area contributed by atoms with Crippen LogP contribution in [0.25, 0.3) is 10.8 Å². The van der Waals surface area contributed by atoms with Crippen LogP contribution in [-0.2, 0) is 9.53 Å². The molecule has 0 aromatic heterocycles. The van der Waals surface area contributed by atoms with Crippen molar-refractivity contribution in [3.63, 3.8) is 0 Å². The van der Waals surface area contributed by atoms with Crippen molar-refractivity contribution in [1.29, 1.82) is 0 Å². The molecule has 0 N–H and O–H groups in total. The quantitative estimate of drug-likeness (QED) is 0.287. The van der Waals surface area contributed by atoms with Gasteiger partial charge in [-0.05, 0) is 62.6 Å². The van der Waals surface area contributed by atoms with E-state index >= 15 is 0 Å². The molecule has 2 amide bonds. The summed E-state index contributed by atoms with van der Waals surface area (Å²) in [6.07, 6.45) is 2.80. The molecule has 0 spiro atoms. The van der Waals surface area contributed by atoms with Crippen LogP contribution in [0, 0.1) is 17.8 Å². The van der Waals surface area contributed by atoms with Gasteiger partial charge in [0.1, 0.15) is 18.0 Å². The first-order valence-electron chi connectivity index (χ1n) is 12.5. The Morgan fingerprint density at radius 3 is 2.43 bits per heavy atom. The highest BCUT2D eigenvalue weighted by atomic mass is 16.5. The summed E-state index contributed by atoms with van der Waals surface area (Å²) in [6, 6.07) is 9.09. The largest absolute Gasteiger partial charge is 0.489 e. The fourth-order valence-electron chi connectivity index (χ4n) is 5.38. The number of amides is 2. The molecular weight excluding hydrogens is 442 g/mol. The van der Waals surface area contributed by atoms with Gasteiger partial charge in [-0.25, -0.2) is 4.79 Å². The van der Waals surface area contributed by atoms with E-state index in [1.165, 1.54) is 6.42 Å². The molecule has 1 heterocycles. The van der Waals surface area contributed by atoms with E-state index in [2.05, 4.69) is 27.4 Å². The van der Waals surface area contributed by atoms with Crippen molar-refractivity contribution in [2.45, 2.75) is 66.1 Å². The Morgan fingerprint density at radius 2 is 1.77 bits per heavy atom. The molecule has 1 fully saturated rings. The van der Waals surface area contributed by atoms with E-state index in [0.29, 0.717) is 40.0 Å². The molecule has 0 radical (unpaired) electrons. The number of hydrogen-bond acceptors (Lipinski definition) is 5. The van der Waals surface area contributed by atoms with Crippen molar-refractivity contribution >= 4 is 28.6 Å². The monoisotopic (exact) mass is 477 g/mol. The molecule has 35 heavy (non-hydrogen) atoms. The van der Waals surface area contributed by atoms with Crippen molar-refractivity contribution < 1.29 is 23.9 Å². The van der Waals surface area contributed by atoms with Gasteiger partial charge < -0.3 is 9.47 Å². The van der Waals surface area contributed by atoms with Crippen LogP contribution in [-0.4, -0.2) is 41.4 Å². The third-order valence-electron chi connectivity index (χ3n) is 7.29. The highest BCUT2D eigenvalue weighted by molar-refractivity contribution is 6.26. The molecule has 4 unspecified atom stereocenters. The zero-order valence-corrected chi connectivity index (χ0v) is 21.3. The number of rotatable bonds is 7. The van der Waals surface area contributed by atoms with E-state index in [1.54, 1.807) is 26.0 Å². The van der Waals surface area contributed by atoms with Gasteiger partial charge in [0.2, 0.25) is 0 Å². The number of carbonyl (C=O) groups is 3. The van der Waals surface area contributed by atoms with Crippen LogP contribution in [0.5, 0.6) is 5.75 Å². The Kier molecular flexibility index (Phi) is 7.02. The van der Waals surface area contributed by atoms with E-state index < -0.39 is 23.9 Å². The Morgan fingerprint density at radius 1 is 1.09 bits per heavy atom. The molecule has 4 rings (SSSR count). The molecule has 2 aliphatic rings. The standard InChI is InChI=1S/C29H35NO5/c1-16(2)20-11-10-18(5)14-25(20)35-24-13-12-23-26-21(24)8-7-9-22(26)27(31)30(28(23)32)15-19(6)34-29(33)17(3)4/h7-9,12-13,16,18-20,25H,3,10-11,14-15H2,1-2,4-6H3. The van der Waals surface area contributed by atoms with Crippen LogP contribution in [0.15, 0.2) is 42.5 Å². The molecule has 6 nitrogen and oxygen atoms in total. The molecule has 2 aromatic carbocycles. The maximum atomic E-state index is 13.4. The van der Waals surface area contributed by atoms with Crippen molar-refractivity contribution in [3.8, 4) is 5.75 Å². The van der Waals surface area contributed by atoms with E-state index in [1.807, 2.05) is 18.2 Å². The lowest BCUT2D eigenvalue weighted by Crippen LogP contribution is -2.44. The first-order valence-corrected chi connectivity index (χ1v) is 12.5. The molecule has 1 aliphatic carbocycles. The predicted octanol–water partition coefficient (Wildman–Crippen LogP) is 5.78. The average molecular weight is 478 g/mol. The lowest BCUT2D eigenvalue weighted by Gasteiger charge is -2.37. The van der Waals surface area contributed by atoms with E-state index in [9.17, 15) is 14.4 Å². The van der Waals surface area contributed by atoms with Crippen molar-refractivity contribution in [3.05, 3.63) is 53.6 Å². The molecule has 1 saturated carbocycles. The van der Waals surface area contributed by atoms with Crippen LogP contribution in [0.3, 0.4) is 0 Å². The number of carbonyl (C=O) groups excluding carboxylic acids is 3. The minimum Gasteiger partial charge on any atom is -0.489 e. The first kappa shape index (κ1) is 25.0. The maximum Gasteiger partial charge on any atom is 0.333 e. The van der Waals surface area contributed by atoms with Gasteiger partial charge >= 0.3 is 5.97 Å². The summed E-state index contributed by atoms with van der Waals surface area (Å²) in [4.78, 5) is 39.8. The van der Waals surface area contributed by atoms with Crippen molar-refractivity contribution in [1.82, 2.24) is 4.90 Å².